The van der Waals surface area contributed by atoms with E-state index in [2.05, 4.69) is 60.7 Å². The molecule has 2 atom stereocenters. The zero-order valence-corrected chi connectivity index (χ0v) is 16.9. The fourth-order valence-corrected chi connectivity index (χ4v) is 3.71. The molecule has 9 heteroatoms. The van der Waals surface area contributed by atoms with Gasteiger partial charge in [0.25, 0.3) is 0 Å². The van der Waals surface area contributed by atoms with Crippen molar-refractivity contribution in [2.75, 3.05) is 37.5 Å². The van der Waals surface area contributed by atoms with E-state index in [0.29, 0.717) is 5.95 Å². The molecule has 0 aliphatic carbocycles. The number of hydrogen-bond acceptors (Lipinski definition) is 8. The number of ether oxygens (including phenoxy) is 1. The first-order chi connectivity index (χ1) is 14.2. The van der Waals surface area contributed by atoms with Gasteiger partial charge in [0.05, 0.1) is 17.8 Å². The third kappa shape index (κ3) is 4.20. The lowest BCUT2D eigenvalue weighted by atomic mass is 10.1. The predicted molar refractivity (Wildman–Crippen MR) is 111 cm³/mol. The second-order valence-corrected chi connectivity index (χ2v) is 7.12. The molecule has 0 bridgehead atoms. The van der Waals surface area contributed by atoms with Crippen LogP contribution in [0.25, 0.3) is 5.69 Å². The van der Waals surface area contributed by atoms with E-state index < -0.39 is 0 Å². The maximum atomic E-state index is 5.73. The number of aromatic nitrogens is 5. The summed E-state index contributed by atoms with van der Waals surface area (Å²) in [6.45, 7) is 4.47. The number of benzene rings is 1. The van der Waals surface area contributed by atoms with Crippen molar-refractivity contribution in [1.29, 1.82) is 0 Å². The number of rotatable bonds is 7. The quantitative estimate of drug-likeness (QED) is 0.621. The van der Waals surface area contributed by atoms with Crippen molar-refractivity contribution < 1.29 is 4.74 Å². The van der Waals surface area contributed by atoms with Crippen LogP contribution < -0.4 is 15.5 Å². The van der Waals surface area contributed by atoms with Crippen LogP contribution in [0, 0.1) is 6.92 Å². The summed E-state index contributed by atoms with van der Waals surface area (Å²) in [6, 6.07) is 8.53. The second kappa shape index (κ2) is 8.54. The van der Waals surface area contributed by atoms with Crippen molar-refractivity contribution in [1.82, 2.24) is 30.0 Å². The normalized spacial score (nSPS) is 18.9. The van der Waals surface area contributed by atoms with Gasteiger partial charge in [0.2, 0.25) is 5.95 Å². The molecule has 0 spiro atoms. The van der Waals surface area contributed by atoms with E-state index in [1.165, 1.54) is 5.56 Å². The minimum Gasteiger partial charge on any atom is -0.378 e. The lowest BCUT2D eigenvalue weighted by molar-refractivity contribution is 0.0967. The van der Waals surface area contributed by atoms with Gasteiger partial charge in [-0.1, -0.05) is 12.1 Å². The van der Waals surface area contributed by atoms with Crippen LogP contribution in [-0.2, 0) is 11.3 Å². The summed E-state index contributed by atoms with van der Waals surface area (Å²) in [7, 11) is 3.58. The maximum Gasteiger partial charge on any atom is 0.224 e. The highest BCUT2D eigenvalue weighted by molar-refractivity contribution is 5.44. The highest BCUT2D eigenvalue weighted by atomic mass is 16.5. The molecule has 1 aliphatic rings. The molecule has 152 valence electrons. The second-order valence-electron chi connectivity index (χ2n) is 7.12. The SMILES string of the molecule is CNc1nccc(N2C[C@H](OC)[C@H](NCc3ccc(-n4cncn4)c(C)c3)C2)n1. The van der Waals surface area contributed by atoms with E-state index in [9.17, 15) is 0 Å². The standard InChI is InChI=1S/C20H26N8O/c1-14-8-15(4-5-17(14)28-13-22-12-25-28)9-24-16-10-27(11-18(16)29-3)19-6-7-23-20(21-2)26-19/h4-8,12-13,16,18,24H,9-11H2,1-3H3,(H,21,23,26)/t16-,18+/m1/s1. The highest BCUT2D eigenvalue weighted by Gasteiger charge is 2.33. The Hall–Kier alpha value is -3.04. The Morgan fingerprint density at radius 3 is 2.86 bits per heavy atom. The van der Waals surface area contributed by atoms with Gasteiger partial charge in [-0.2, -0.15) is 10.1 Å². The van der Waals surface area contributed by atoms with Crippen LogP contribution in [0.4, 0.5) is 11.8 Å². The zero-order chi connectivity index (χ0) is 20.2. The summed E-state index contributed by atoms with van der Waals surface area (Å²) in [5.41, 5.74) is 3.42. The minimum atomic E-state index is 0.0959. The van der Waals surface area contributed by atoms with E-state index in [0.717, 1.165) is 36.7 Å². The van der Waals surface area contributed by atoms with Crippen LogP contribution in [0.15, 0.2) is 43.1 Å². The number of aryl methyl sites for hydroxylation is 1. The molecule has 3 aromatic rings. The van der Waals surface area contributed by atoms with Crippen LogP contribution in [0.1, 0.15) is 11.1 Å². The van der Waals surface area contributed by atoms with Crippen molar-refractivity contribution in [3.63, 3.8) is 0 Å². The molecule has 2 N–H and O–H groups in total. The summed E-state index contributed by atoms with van der Waals surface area (Å²) < 4.78 is 7.51. The molecular weight excluding hydrogens is 368 g/mol. The van der Waals surface area contributed by atoms with Crippen molar-refractivity contribution >= 4 is 11.8 Å². The van der Waals surface area contributed by atoms with Gasteiger partial charge in [0, 0.05) is 40.0 Å². The fraction of sp³-hybridized carbons (Fsp3) is 0.400. The largest absolute Gasteiger partial charge is 0.378 e. The van der Waals surface area contributed by atoms with Gasteiger partial charge in [-0.05, 0) is 30.2 Å². The van der Waals surface area contributed by atoms with Crippen molar-refractivity contribution in [2.24, 2.45) is 0 Å². The average molecular weight is 394 g/mol. The van der Waals surface area contributed by atoms with Crippen LogP contribution in [0.5, 0.6) is 0 Å². The fourth-order valence-electron chi connectivity index (χ4n) is 3.71. The average Bonchev–Trinajstić information content (AvgIpc) is 3.42. The molecule has 9 nitrogen and oxygen atoms in total. The Bertz CT molecular complexity index is 945. The van der Waals surface area contributed by atoms with Gasteiger partial charge in [-0.15, -0.1) is 0 Å². The molecule has 1 saturated heterocycles. The van der Waals surface area contributed by atoms with Crippen molar-refractivity contribution in [2.45, 2.75) is 25.6 Å². The van der Waals surface area contributed by atoms with Crippen LogP contribution in [0.3, 0.4) is 0 Å². The Labute approximate surface area is 170 Å². The van der Waals surface area contributed by atoms with Gasteiger partial charge in [0.1, 0.15) is 18.5 Å². The smallest absolute Gasteiger partial charge is 0.224 e. The highest BCUT2D eigenvalue weighted by Crippen LogP contribution is 2.21. The Kier molecular flexibility index (Phi) is 5.68. The first-order valence-corrected chi connectivity index (χ1v) is 9.64. The van der Waals surface area contributed by atoms with Gasteiger partial charge in [0.15, 0.2) is 0 Å². The zero-order valence-electron chi connectivity index (χ0n) is 16.9. The number of hydrogen-bond donors (Lipinski definition) is 2. The molecule has 0 unspecified atom stereocenters. The molecule has 0 amide bonds. The Morgan fingerprint density at radius 2 is 2.14 bits per heavy atom. The van der Waals surface area contributed by atoms with Crippen molar-refractivity contribution in [3.8, 4) is 5.69 Å². The number of methoxy groups -OCH3 is 1. The molecule has 2 aromatic heterocycles. The summed E-state index contributed by atoms with van der Waals surface area (Å²) in [6.07, 6.45) is 5.13. The van der Waals surface area contributed by atoms with E-state index in [-0.39, 0.29) is 12.1 Å². The van der Waals surface area contributed by atoms with Gasteiger partial charge >= 0.3 is 0 Å². The molecule has 3 heterocycles. The third-order valence-corrected chi connectivity index (χ3v) is 5.25. The van der Waals surface area contributed by atoms with E-state index in [4.69, 9.17) is 4.74 Å². The maximum absolute atomic E-state index is 5.73. The number of nitrogens with zero attached hydrogens (tertiary/aromatic N) is 6. The number of nitrogens with one attached hydrogen (secondary N) is 2. The summed E-state index contributed by atoms with van der Waals surface area (Å²) in [5.74, 6) is 1.53. The summed E-state index contributed by atoms with van der Waals surface area (Å²) >= 11 is 0. The molecule has 1 fully saturated rings. The van der Waals surface area contributed by atoms with Gasteiger partial charge in [-0.25, -0.2) is 14.6 Å². The topological polar surface area (TPSA) is 93.0 Å². The number of anilines is 2. The third-order valence-electron chi connectivity index (χ3n) is 5.25. The molecular formula is C20H26N8O. The molecule has 1 aliphatic heterocycles. The van der Waals surface area contributed by atoms with Crippen molar-refractivity contribution in [3.05, 3.63) is 54.2 Å². The van der Waals surface area contributed by atoms with Gasteiger partial charge < -0.3 is 20.3 Å². The monoisotopic (exact) mass is 394 g/mol. The van der Waals surface area contributed by atoms with Gasteiger partial charge in [-0.3, -0.25) is 0 Å². The Morgan fingerprint density at radius 1 is 1.24 bits per heavy atom. The first-order valence-electron chi connectivity index (χ1n) is 9.64. The first kappa shape index (κ1) is 19.3. The lowest BCUT2D eigenvalue weighted by Crippen LogP contribution is -2.39. The van der Waals surface area contributed by atoms with E-state index in [1.807, 2.05) is 13.1 Å². The molecule has 4 rings (SSSR count). The lowest BCUT2D eigenvalue weighted by Gasteiger charge is -2.19. The van der Waals surface area contributed by atoms with E-state index >= 15 is 0 Å². The summed E-state index contributed by atoms with van der Waals surface area (Å²) in [4.78, 5) is 15.0. The molecule has 0 saturated carbocycles. The molecule has 0 radical (unpaired) electrons. The van der Waals surface area contributed by atoms with Crippen LogP contribution in [0.2, 0.25) is 0 Å². The molecule has 29 heavy (non-hydrogen) atoms. The van der Waals surface area contributed by atoms with Crippen LogP contribution >= 0.6 is 0 Å². The summed E-state index contributed by atoms with van der Waals surface area (Å²) in [5, 5.41) is 10.8. The van der Waals surface area contributed by atoms with E-state index in [1.54, 1.807) is 30.6 Å². The minimum absolute atomic E-state index is 0.0959. The predicted octanol–water partition coefficient (Wildman–Crippen LogP) is 1.40. The Balaban J connectivity index is 1.41. The van der Waals surface area contributed by atoms with Crippen LogP contribution in [-0.4, -0.2) is 64.1 Å². The molecule has 1 aromatic carbocycles.